The van der Waals surface area contributed by atoms with Crippen molar-refractivity contribution in [2.45, 2.75) is 25.6 Å². The molecule has 1 aliphatic rings. The highest BCUT2D eigenvalue weighted by atomic mass is 79.9. The van der Waals surface area contributed by atoms with Crippen LogP contribution in [-0.2, 0) is 15.7 Å². The fraction of sp³-hybridized carbons (Fsp3) is 0.333. The number of carbonyl (C=O) groups is 1. The van der Waals surface area contributed by atoms with Gasteiger partial charge in [-0.1, -0.05) is 15.9 Å². The van der Waals surface area contributed by atoms with E-state index in [-0.39, 0.29) is 12.0 Å². The molecule has 30 heavy (non-hydrogen) atoms. The molecule has 9 heteroatoms. The highest BCUT2D eigenvalue weighted by Gasteiger charge is 2.31. The molecule has 1 aromatic carbocycles. The van der Waals surface area contributed by atoms with Gasteiger partial charge in [0.1, 0.15) is 6.10 Å². The zero-order valence-electron chi connectivity index (χ0n) is 16.2. The summed E-state index contributed by atoms with van der Waals surface area (Å²) in [6.07, 6.45) is -0.0893. The summed E-state index contributed by atoms with van der Waals surface area (Å²) in [4.78, 5) is 17.5. The molecule has 160 valence electrons. The van der Waals surface area contributed by atoms with Crippen molar-refractivity contribution in [3.05, 3.63) is 58.2 Å². The van der Waals surface area contributed by atoms with Crippen LogP contribution in [0.15, 0.2) is 47.1 Å². The van der Waals surface area contributed by atoms with Gasteiger partial charge in [-0.2, -0.15) is 13.2 Å². The van der Waals surface area contributed by atoms with Gasteiger partial charge < -0.3 is 14.4 Å². The predicted octanol–water partition coefficient (Wildman–Crippen LogP) is 5.10. The van der Waals surface area contributed by atoms with Gasteiger partial charge in [0.25, 0.3) is 0 Å². The van der Waals surface area contributed by atoms with Crippen LogP contribution in [0.5, 0.6) is 5.88 Å². The second-order valence-corrected chi connectivity index (χ2v) is 7.56. The molecule has 1 saturated heterocycles. The Hall–Kier alpha value is -2.55. The summed E-state index contributed by atoms with van der Waals surface area (Å²) in [5, 5.41) is 0. The van der Waals surface area contributed by atoms with E-state index in [2.05, 4.69) is 25.8 Å². The van der Waals surface area contributed by atoms with Crippen LogP contribution < -0.4 is 9.64 Å². The van der Waals surface area contributed by atoms with E-state index in [9.17, 15) is 18.0 Å². The normalized spacial score (nSPS) is 16.8. The highest BCUT2D eigenvalue weighted by molar-refractivity contribution is 9.10. The quantitative estimate of drug-likeness (QED) is 0.421. The first kappa shape index (κ1) is 22.1. The molecule has 0 aliphatic carbocycles. The van der Waals surface area contributed by atoms with Crippen LogP contribution in [0.2, 0.25) is 0 Å². The molecule has 0 bridgehead atoms. The van der Waals surface area contributed by atoms with Crippen molar-refractivity contribution in [1.82, 2.24) is 4.98 Å². The number of nitrogens with zero attached hydrogens (tertiary/aromatic N) is 2. The smallest absolute Gasteiger partial charge is 0.417 e. The molecule has 0 amide bonds. The highest BCUT2D eigenvalue weighted by Crippen LogP contribution is 2.31. The minimum atomic E-state index is -4.43. The maximum Gasteiger partial charge on any atom is 0.417 e. The molecule has 0 radical (unpaired) electrons. The SMILES string of the molecule is CCOC(=O)/C=C/c1cc(Br)ccc1N1CC[C@H](Oc2ccc(C(F)(F)F)cn2)C1. The molecule has 1 atom stereocenters. The van der Waals surface area contributed by atoms with Crippen LogP contribution in [0.4, 0.5) is 18.9 Å². The fourth-order valence-corrected chi connectivity index (χ4v) is 3.51. The Kier molecular flexibility index (Phi) is 7.02. The molecular weight excluding hydrogens is 465 g/mol. The lowest BCUT2D eigenvalue weighted by molar-refractivity contribution is -0.138. The number of anilines is 1. The number of hydrogen-bond acceptors (Lipinski definition) is 5. The van der Waals surface area contributed by atoms with Gasteiger partial charge in [0.15, 0.2) is 0 Å². The lowest BCUT2D eigenvalue weighted by Crippen LogP contribution is -2.25. The number of ether oxygens (including phenoxy) is 2. The monoisotopic (exact) mass is 484 g/mol. The summed E-state index contributed by atoms with van der Waals surface area (Å²) in [6, 6.07) is 7.94. The summed E-state index contributed by atoms with van der Waals surface area (Å²) in [6.45, 7) is 3.29. The van der Waals surface area contributed by atoms with Crippen LogP contribution in [0.25, 0.3) is 6.08 Å². The molecule has 0 N–H and O–H groups in total. The Labute approximate surface area is 180 Å². The molecular formula is C21H20BrF3N2O3. The largest absolute Gasteiger partial charge is 0.472 e. The summed E-state index contributed by atoms with van der Waals surface area (Å²) in [7, 11) is 0. The predicted molar refractivity (Wildman–Crippen MR) is 110 cm³/mol. The Morgan fingerprint density at radius 1 is 1.33 bits per heavy atom. The molecule has 2 heterocycles. The zero-order chi connectivity index (χ0) is 21.7. The molecule has 2 aromatic rings. The van der Waals surface area contributed by atoms with E-state index in [1.807, 2.05) is 18.2 Å². The number of esters is 1. The van der Waals surface area contributed by atoms with Crippen molar-refractivity contribution in [3.8, 4) is 5.88 Å². The van der Waals surface area contributed by atoms with Crippen molar-refractivity contribution >= 4 is 33.7 Å². The number of halogens is 4. The molecule has 0 spiro atoms. The van der Waals surface area contributed by atoms with Gasteiger partial charge >= 0.3 is 12.1 Å². The fourth-order valence-electron chi connectivity index (χ4n) is 3.13. The van der Waals surface area contributed by atoms with Crippen molar-refractivity contribution in [3.63, 3.8) is 0 Å². The first-order valence-electron chi connectivity index (χ1n) is 9.35. The van der Waals surface area contributed by atoms with Crippen molar-refractivity contribution in [2.24, 2.45) is 0 Å². The summed E-state index contributed by atoms with van der Waals surface area (Å²) >= 11 is 3.44. The second-order valence-electron chi connectivity index (χ2n) is 6.65. The van der Waals surface area contributed by atoms with E-state index in [1.165, 1.54) is 12.1 Å². The zero-order valence-corrected chi connectivity index (χ0v) is 17.7. The van der Waals surface area contributed by atoms with Crippen LogP contribution in [-0.4, -0.2) is 36.8 Å². The Bertz CT molecular complexity index is 917. The molecule has 3 rings (SSSR count). The first-order valence-corrected chi connectivity index (χ1v) is 10.1. The van der Waals surface area contributed by atoms with Crippen molar-refractivity contribution in [1.29, 1.82) is 0 Å². The topological polar surface area (TPSA) is 51.7 Å². The molecule has 1 aliphatic heterocycles. The van der Waals surface area contributed by atoms with Gasteiger partial charge in [-0.05, 0) is 42.8 Å². The van der Waals surface area contributed by atoms with Crippen molar-refractivity contribution in [2.75, 3.05) is 24.6 Å². The van der Waals surface area contributed by atoms with Gasteiger partial charge in [0.2, 0.25) is 5.88 Å². The van der Waals surface area contributed by atoms with Crippen molar-refractivity contribution < 1.29 is 27.4 Å². The van der Waals surface area contributed by atoms with Gasteiger partial charge in [-0.15, -0.1) is 0 Å². The average Bonchev–Trinajstić information content (AvgIpc) is 3.14. The maximum atomic E-state index is 12.7. The van der Waals surface area contributed by atoms with E-state index in [1.54, 1.807) is 13.0 Å². The van der Waals surface area contributed by atoms with E-state index in [0.717, 1.165) is 28.0 Å². The number of carbonyl (C=O) groups excluding carboxylic acids is 1. The number of alkyl halides is 3. The van der Waals surface area contributed by atoms with E-state index in [4.69, 9.17) is 9.47 Å². The minimum Gasteiger partial charge on any atom is -0.472 e. The van der Waals surface area contributed by atoms with Crippen LogP contribution in [0.1, 0.15) is 24.5 Å². The van der Waals surface area contributed by atoms with Gasteiger partial charge in [0, 0.05) is 41.5 Å². The summed E-state index contributed by atoms with van der Waals surface area (Å²) in [5.74, 6) is -0.257. The number of hydrogen-bond donors (Lipinski definition) is 0. The minimum absolute atomic E-state index is 0.160. The van der Waals surface area contributed by atoms with Crippen LogP contribution >= 0.6 is 15.9 Å². The molecule has 0 saturated carbocycles. The number of aromatic nitrogens is 1. The summed E-state index contributed by atoms with van der Waals surface area (Å²) in [5.41, 5.74) is 0.951. The van der Waals surface area contributed by atoms with E-state index >= 15 is 0 Å². The average molecular weight is 485 g/mol. The molecule has 1 fully saturated rings. The molecule has 1 aromatic heterocycles. The van der Waals surface area contributed by atoms with Gasteiger partial charge in [-0.3, -0.25) is 0 Å². The van der Waals surface area contributed by atoms with Gasteiger partial charge in [0.05, 0.1) is 18.7 Å². The number of pyridine rings is 1. The molecule has 5 nitrogen and oxygen atoms in total. The van der Waals surface area contributed by atoms with Gasteiger partial charge in [-0.25, -0.2) is 9.78 Å². The van der Waals surface area contributed by atoms with Crippen LogP contribution in [0.3, 0.4) is 0 Å². The Morgan fingerprint density at radius 3 is 2.80 bits per heavy atom. The lowest BCUT2D eigenvalue weighted by Gasteiger charge is -2.21. The third-order valence-corrected chi connectivity index (χ3v) is 5.01. The van der Waals surface area contributed by atoms with E-state index in [0.29, 0.717) is 26.1 Å². The lowest BCUT2D eigenvalue weighted by atomic mass is 10.1. The number of rotatable bonds is 6. The Morgan fingerprint density at radius 2 is 2.13 bits per heavy atom. The van der Waals surface area contributed by atoms with E-state index < -0.39 is 17.7 Å². The third kappa shape index (κ3) is 5.75. The maximum absolute atomic E-state index is 12.7. The standard InChI is InChI=1S/C21H20BrF3N2O3/c1-2-29-20(28)8-3-14-11-16(22)5-6-18(14)27-10-9-17(13-27)30-19-7-4-15(12-26-19)21(23,24)25/h3-8,11-12,17H,2,9-10,13H2,1H3/b8-3+/t17-/m0/s1. The Balaban J connectivity index is 1.68. The third-order valence-electron chi connectivity index (χ3n) is 4.51. The first-order chi connectivity index (χ1) is 14.3. The second kappa shape index (κ2) is 9.51. The molecule has 0 unspecified atom stereocenters. The van der Waals surface area contributed by atoms with Crippen LogP contribution in [0, 0.1) is 0 Å². The number of benzene rings is 1. The summed E-state index contributed by atoms with van der Waals surface area (Å²) < 4.78 is 49.5.